The van der Waals surface area contributed by atoms with Crippen molar-refractivity contribution in [2.75, 3.05) is 6.61 Å². The van der Waals surface area contributed by atoms with Gasteiger partial charge in [0.15, 0.2) is 0 Å². The number of carbonyl (C=O) groups excluding carboxylic acids is 4. The first-order valence-electron chi connectivity index (χ1n) is 4.75. The van der Waals surface area contributed by atoms with E-state index in [9.17, 15) is 19.2 Å². The van der Waals surface area contributed by atoms with Crippen LogP contribution in [0.15, 0.2) is 0 Å². The van der Waals surface area contributed by atoms with Gasteiger partial charge in [-0.05, 0) is 20.3 Å². The van der Waals surface area contributed by atoms with Gasteiger partial charge in [-0.2, -0.15) is 0 Å². The van der Waals surface area contributed by atoms with E-state index >= 15 is 0 Å². The van der Waals surface area contributed by atoms with Crippen LogP contribution in [-0.2, 0) is 28.7 Å². The molecule has 0 aromatic heterocycles. The molecule has 0 saturated carbocycles. The zero-order valence-corrected chi connectivity index (χ0v) is 9.60. The third-order valence-corrected chi connectivity index (χ3v) is 0.993. The van der Waals surface area contributed by atoms with Crippen LogP contribution in [0.25, 0.3) is 0 Å². The minimum absolute atomic E-state index is 0.153. The fraction of sp³-hybridized carbons (Fsp3) is 0.600. The van der Waals surface area contributed by atoms with E-state index < -0.39 is 11.9 Å². The maximum Gasteiger partial charge on any atom is 0.371 e. The zero-order valence-electron chi connectivity index (χ0n) is 9.60. The lowest BCUT2D eigenvalue weighted by atomic mass is 10.5. The third kappa shape index (κ3) is 14.8. The van der Waals surface area contributed by atoms with E-state index in [0.717, 1.165) is 6.42 Å². The van der Waals surface area contributed by atoms with Crippen molar-refractivity contribution in [1.82, 2.24) is 0 Å². The minimum Gasteiger partial charge on any atom is -0.460 e. The Bertz CT molecular complexity index is 233. The summed E-state index contributed by atoms with van der Waals surface area (Å²) >= 11 is 0. The Labute approximate surface area is 93.9 Å². The molecule has 0 amide bonds. The number of aldehydes is 2. The smallest absolute Gasteiger partial charge is 0.371 e. The number of esters is 2. The van der Waals surface area contributed by atoms with Crippen LogP contribution in [0.2, 0.25) is 0 Å². The van der Waals surface area contributed by atoms with Crippen LogP contribution in [0.3, 0.4) is 0 Å². The van der Waals surface area contributed by atoms with Gasteiger partial charge in [-0.3, -0.25) is 9.59 Å². The summed E-state index contributed by atoms with van der Waals surface area (Å²) in [4.78, 5) is 39.1. The highest BCUT2D eigenvalue weighted by Gasteiger charge is 1.99. The summed E-state index contributed by atoms with van der Waals surface area (Å²) in [6.45, 7) is 5.55. The molecule has 0 atom stereocenters. The average Bonchev–Trinajstić information content (AvgIpc) is 2.25. The van der Waals surface area contributed by atoms with E-state index in [1.165, 1.54) is 0 Å². The van der Waals surface area contributed by atoms with Crippen LogP contribution in [0.1, 0.15) is 27.2 Å². The molecule has 0 fully saturated rings. The van der Waals surface area contributed by atoms with Gasteiger partial charge in [0, 0.05) is 0 Å². The molecule has 0 radical (unpaired) electrons. The van der Waals surface area contributed by atoms with Gasteiger partial charge in [0.25, 0.3) is 0 Å². The Balaban J connectivity index is 0. The summed E-state index contributed by atoms with van der Waals surface area (Å²) in [7, 11) is 0. The monoisotopic (exact) mass is 232 g/mol. The molecule has 92 valence electrons. The molecule has 0 N–H and O–H groups in total. The summed E-state index contributed by atoms with van der Waals surface area (Å²) in [5, 5.41) is 0. The van der Waals surface area contributed by atoms with Crippen LogP contribution in [0.4, 0.5) is 0 Å². The van der Waals surface area contributed by atoms with Crippen molar-refractivity contribution in [2.45, 2.75) is 33.3 Å². The molecule has 6 heteroatoms. The Kier molecular flexibility index (Phi) is 11.9. The molecular weight excluding hydrogens is 216 g/mol. The molecule has 0 spiro atoms. The highest BCUT2D eigenvalue weighted by atomic mass is 16.5. The lowest BCUT2D eigenvalue weighted by Crippen LogP contribution is -2.11. The first-order chi connectivity index (χ1) is 7.47. The molecule has 6 nitrogen and oxygen atoms in total. The van der Waals surface area contributed by atoms with Gasteiger partial charge < -0.3 is 9.47 Å². The Morgan fingerprint density at radius 1 is 1.12 bits per heavy atom. The Hall–Kier alpha value is -1.72. The molecule has 0 aliphatic rings. The number of hydrogen-bond acceptors (Lipinski definition) is 6. The molecule has 0 aliphatic heterocycles. The molecule has 0 unspecified atom stereocenters. The van der Waals surface area contributed by atoms with Crippen molar-refractivity contribution in [3.05, 3.63) is 0 Å². The van der Waals surface area contributed by atoms with Gasteiger partial charge in [0.2, 0.25) is 12.6 Å². The van der Waals surface area contributed by atoms with E-state index in [1.807, 2.05) is 6.92 Å². The number of ether oxygens (including phenoxy) is 2. The molecule has 0 heterocycles. The molecule has 0 rings (SSSR count). The van der Waals surface area contributed by atoms with E-state index in [4.69, 9.17) is 0 Å². The summed E-state index contributed by atoms with van der Waals surface area (Å²) < 4.78 is 8.73. The van der Waals surface area contributed by atoms with Gasteiger partial charge in [-0.25, -0.2) is 9.59 Å². The lowest BCUT2D eigenvalue weighted by molar-refractivity contribution is -0.151. The van der Waals surface area contributed by atoms with Gasteiger partial charge >= 0.3 is 11.9 Å². The van der Waals surface area contributed by atoms with E-state index in [2.05, 4.69) is 9.47 Å². The lowest BCUT2D eigenvalue weighted by Gasteiger charge is -2.01. The fourth-order valence-corrected chi connectivity index (χ4v) is 0.497. The minimum atomic E-state index is -0.806. The number of hydrogen-bond donors (Lipinski definition) is 0. The summed E-state index contributed by atoms with van der Waals surface area (Å²) in [5.74, 6) is -1.59. The highest BCUT2D eigenvalue weighted by molar-refractivity contribution is 6.20. The normalized spacial score (nSPS) is 8.50. The molecule has 0 aliphatic carbocycles. The largest absolute Gasteiger partial charge is 0.460 e. The zero-order chi connectivity index (χ0) is 13.0. The topological polar surface area (TPSA) is 86.7 Å². The standard InChI is InChI=1S/2C5H8O3/c1-4(2)8-5(7)3-6;1-2-3-8-5(7)4-6/h3-4H,1-2H3;4H,2-3H2,1H3. The van der Waals surface area contributed by atoms with E-state index in [1.54, 1.807) is 13.8 Å². The summed E-state index contributed by atoms with van der Waals surface area (Å²) in [6, 6.07) is 0. The van der Waals surface area contributed by atoms with Crippen molar-refractivity contribution in [3.63, 3.8) is 0 Å². The van der Waals surface area contributed by atoms with Crippen LogP contribution in [0, 0.1) is 0 Å². The van der Waals surface area contributed by atoms with E-state index in [0.29, 0.717) is 6.61 Å². The fourth-order valence-electron chi connectivity index (χ4n) is 0.497. The van der Waals surface area contributed by atoms with Crippen LogP contribution < -0.4 is 0 Å². The molecule has 0 aromatic carbocycles. The second kappa shape index (κ2) is 11.4. The molecule has 16 heavy (non-hydrogen) atoms. The van der Waals surface area contributed by atoms with Gasteiger partial charge in [0.05, 0.1) is 12.7 Å². The molecule has 0 bridgehead atoms. The Morgan fingerprint density at radius 3 is 1.88 bits per heavy atom. The van der Waals surface area contributed by atoms with E-state index in [-0.39, 0.29) is 18.7 Å². The molecular formula is C10H16O6. The maximum absolute atomic E-state index is 10.0. The second-order valence-corrected chi connectivity index (χ2v) is 2.89. The predicted octanol–water partition coefficient (Wildman–Crippen LogP) is 0.275. The number of rotatable bonds is 5. The molecule has 0 aromatic rings. The summed E-state index contributed by atoms with van der Waals surface area (Å²) in [5.41, 5.74) is 0. The van der Waals surface area contributed by atoms with Crippen molar-refractivity contribution in [2.24, 2.45) is 0 Å². The predicted molar refractivity (Wildman–Crippen MR) is 54.6 cm³/mol. The number of carbonyl (C=O) groups is 4. The van der Waals surface area contributed by atoms with Crippen molar-refractivity contribution in [1.29, 1.82) is 0 Å². The SMILES string of the molecule is CC(C)OC(=O)C=O.CCCOC(=O)C=O. The van der Waals surface area contributed by atoms with Crippen molar-refractivity contribution >= 4 is 24.5 Å². The van der Waals surface area contributed by atoms with Crippen molar-refractivity contribution in [3.8, 4) is 0 Å². The van der Waals surface area contributed by atoms with Gasteiger partial charge in [-0.15, -0.1) is 0 Å². The average molecular weight is 232 g/mol. The Morgan fingerprint density at radius 2 is 1.62 bits per heavy atom. The third-order valence-electron chi connectivity index (χ3n) is 0.993. The highest BCUT2D eigenvalue weighted by Crippen LogP contribution is 1.84. The molecule has 0 saturated heterocycles. The summed E-state index contributed by atoms with van der Waals surface area (Å²) in [6.07, 6.45) is 0.864. The first kappa shape index (κ1) is 16.7. The maximum atomic E-state index is 10.0. The first-order valence-corrected chi connectivity index (χ1v) is 4.75. The van der Waals surface area contributed by atoms with Crippen LogP contribution in [0.5, 0.6) is 0 Å². The van der Waals surface area contributed by atoms with Crippen molar-refractivity contribution < 1.29 is 28.7 Å². The van der Waals surface area contributed by atoms with Crippen LogP contribution >= 0.6 is 0 Å². The second-order valence-electron chi connectivity index (χ2n) is 2.89. The van der Waals surface area contributed by atoms with Gasteiger partial charge in [0.1, 0.15) is 0 Å². The quantitative estimate of drug-likeness (QED) is 0.384. The van der Waals surface area contributed by atoms with Crippen LogP contribution in [-0.4, -0.2) is 37.2 Å². The van der Waals surface area contributed by atoms with Gasteiger partial charge in [-0.1, -0.05) is 6.92 Å².